The van der Waals surface area contributed by atoms with Gasteiger partial charge < -0.3 is 5.32 Å². The summed E-state index contributed by atoms with van der Waals surface area (Å²) in [5.41, 5.74) is 3.78. The van der Waals surface area contributed by atoms with Crippen molar-refractivity contribution in [1.82, 2.24) is 20.1 Å². The zero-order chi connectivity index (χ0) is 20.2. The van der Waals surface area contributed by atoms with Crippen molar-refractivity contribution in [2.45, 2.75) is 13.0 Å². The normalized spacial score (nSPS) is 11.8. The molecule has 6 heteroatoms. The van der Waals surface area contributed by atoms with Gasteiger partial charge in [-0.15, -0.1) is 0 Å². The van der Waals surface area contributed by atoms with Gasteiger partial charge in [-0.3, -0.25) is 9.78 Å². The second-order valence-electron chi connectivity index (χ2n) is 6.68. The molecule has 2 aromatic carbocycles. The molecule has 0 aliphatic carbocycles. The van der Waals surface area contributed by atoms with E-state index in [1.165, 1.54) is 10.7 Å². The molecule has 2 aromatic heterocycles. The van der Waals surface area contributed by atoms with Gasteiger partial charge in [0, 0.05) is 29.7 Å². The van der Waals surface area contributed by atoms with Gasteiger partial charge in [0.2, 0.25) is 0 Å². The highest BCUT2D eigenvalue weighted by Gasteiger charge is 2.14. The Morgan fingerprint density at radius 2 is 1.69 bits per heavy atom. The van der Waals surface area contributed by atoms with Crippen molar-refractivity contribution in [3.8, 4) is 16.8 Å². The van der Waals surface area contributed by atoms with E-state index in [9.17, 15) is 9.18 Å². The molecule has 1 N–H and O–H groups in total. The maximum atomic E-state index is 13.9. The standard InChI is InChI=1S/C23H19FN4O/c1-16(20-14-26-28(15-20)22-5-3-2-4-21(22)24)27-23(29)19-8-6-17(7-9-19)18-10-12-25-13-11-18/h2-16H,1H3,(H,27,29). The van der Waals surface area contributed by atoms with Gasteiger partial charge in [-0.1, -0.05) is 24.3 Å². The van der Waals surface area contributed by atoms with Gasteiger partial charge in [0.25, 0.3) is 5.91 Å². The number of nitrogens with one attached hydrogen (secondary N) is 1. The van der Waals surface area contributed by atoms with Crippen LogP contribution < -0.4 is 5.32 Å². The minimum atomic E-state index is -0.354. The molecule has 0 spiro atoms. The lowest BCUT2D eigenvalue weighted by Crippen LogP contribution is -2.26. The fraction of sp³-hybridized carbons (Fsp3) is 0.0870. The van der Waals surface area contributed by atoms with Crippen LogP contribution in [0.5, 0.6) is 0 Å². The van der Waals surface area contributed by atoms with Crippen LogP contribution in [0, 0.1) is 5.82 Å². The summed E-state index contributed by atoms with van der Waals surface area (Å²) in [6, 6.07) is 17.4. The lowest BCUT2D eigenvalue weighted by atomic mass is 10.0. The van der Waals surface area contributed by atoms with Crippen molar-refractivity contribution < 1.29 is 9.18 Å². The van der Waals surface area contributed by atoms with Crippen LogP contribution in [0.15, 0.2) is 85.5 Å². The van der Waals surface area contributed by atoms with Gasteiger partial charge in [-0.05, 0) is 54.4 Å². The summed E-state index contributed by atoms with van der Waals surface area (Å²) in [5.74, 6) is -0.537. The van der Waals surface area contributed by atoms with E-state index < -0.39 is 0 Å². The molecule has 5 nitrogen and oxygen atoms in total. The first-order valence-corrected chi connectivity index (χ1v) is 9.22. The predicted octanol–water partition coefficient (Wildman–Crippen LogP) is 4.56. The third-order valence-corrected chi connectivity index (χ3v) is 4.71. The molecule has 0 aliphatic rings. The first-order valence-electron chi connectivity index (χ1n) is 9.22. The molecule has 0 saturated heterocycles. The maximum Gasteiger partial charge on any atom is 0.251 e. The highest BCUT2D eigenvalue weighted by Crippen LogP contribution is 2.20. The van der Waals surface area contributed by atoms with E-state index in [1.807, 2.05) is 31.2 Å². The minimum Gasteiger partial charge on any atom is -0.345 e. The number of amides is 1. The molecular weight excluding hydrogens is 367 g/mol. The van der Waals surface area contributed by atoms with E-state index in [1.54, 1.807) is 55.1 Å². The highest BCUT2D eigenvalue weighted by atomic mass is 19.1. The van der Waals surface area contributed by atoms with Gasteiger partial charge in [0.05, 0.1) is 12.2 Å². The molecule has 29 heavy (non-hydrogen) atoms. The predicted molar refractivity (Wildman–Crippen MR) is 109 cm³/mol. The summed E-state index contributed by atoms with van der Waals surface area (Å²) in [6.45, 7) is 1.87. The Hall–Kier alpha value is -3.80. The molecule has 1 amide bonds. The Morgan fingerprint density at radius 3 is 2.41 bits per heavy atom. The molecule has 0 saturated carbocycles. The zero-order valence-corrected chi connectivity index (χ0v) is 15.8. The summed E-state index contributed by atoms with van der Waals surface area (Å²) in [5, 5.41) is 7.17. The SMILES string of the molecule is CC(NC(=O)c1ccc(-c2ccncc2)cc1)c1cnn(-c2ccccc2F)c1. The van der Waals surface area contributed by atoms with Crippen molar-refractivity contribution >= 4 is 5.91 Å². The first-order chi connectivity index (χ1) is 14.1. The minimum absolute atomic E-state index is 0.183. The Bertz CT molecular complexity index is 1120. The van der Waals surface area contributed by atoms with Crippen LogP contribution in [0.4, 0.5) is 4.39 Å². The number of carbonyl (C=O) groups excluding carboxylic acids is 1. The fourth-order valence-corrected chi connectivity index (χ4v) is 3.05. The van der Waals surface area contributed by atoms with E-state index in [2.05, 4.69) is 15.4 Å². The second-order valence-corrected chi connectivity index (χ2v) is 6.68. The number of benzene rings is 2. The molecule has 0 radical (unpaired) electrons. The third kappa shape index (κ3) is 4.06. The molecular formula is C23H19FN4O. The van der Waals surface area contributed by atoms with Crippen molar-refractivity contribution in [2.75, 3.05) is 0 Å². The van der Waals surface area contributed by atoms with Crippen LogP contribution in [-0.4, -0.2) is 20.7 Å². The van der Waals surface area contributed by atoms with E-state index in [-0.39, 0.29) is 17.8 Å². The van der Waals surface area contributed by atoms with Crippen LogP contribution in [0.25, 0.3) is 16.8 Å². The van der Waals surface area contributed by atoms with Crippen LogP contribution in [0.2, 0.25) is 0 Å². The molecule has 1 unspecified atom stereocenters. The van der Waals surface area contributed by atoms with Crippen molar-refractivity contribution in [3.05, 3.63) is 102 Å². The third-order valence-electron chi connectivity index (χ3n) is 4.71. The fourth-order valence-electron chi connectivity index (χ4n) is 3.05. The van der Waals surface area contributed by atoms with E-state index >= 15 is 0 Å². The number of hydrogen-bond acceptors (Lipinski definition) is 3. The van der Waals surface area contributed by atoms with Crippen molar-refractivity contribution in [3.63, 3.8) is 0 Å². The van der Waals surface area contributed by atoms with Crippen LogP contribution >= 0.6 is 0 Å². The molecule has 1 atom stereocenters. The number of hydrogen-bond donors (Lipinski definition) is 1. The number of aromatic nitrogens is 3. The molecule has 0 bridgehead atoms. The molecule has 0 aliphatic heterocycles. The molecule has 4 aromatic rings. The lowest BCUT2D eigenvalue weighted by molar-refractivity contribution is 0.0940. The van der Waals surface area contributed by atoms with Crippen LogP contribution in [0.3, 0.4) is 0 Å². The van der Waals surface area contributed by atoms with Gasteiger partial charge in [-0.25, -0.2) is 9.07 Å². The van der Waals surface area contributed by atoms with E-state index in [0.717, 1.165) is 16.7 Å². The topological polar surface area (TPSA) is 59.8 Å². The quantitative estimate of drug-likeness (QED) is 0.547. The molecule has 2 heterocycles. The van der Waals surface area contributed by atoms with Gasteiger partial charge in [-0.2, -0.15) is 5.10 Å². The molecule has 4 rings (SSSR count). The zero-order valence-electron chi connectivity index (χ0n) is 15.8. The number of halogens is 1. The van der Waals surface area contributed by atoms with Gasteiger partial charge >= 0.3 is 0 Å². The smallest absolute Gasteiger partial charge is 0.251 e. The molecule has 144 valence electrons. The van der Waals surface area contributed by atoms with Crippen LogP contribution in [-0.2, 0) is 0 Å². The van der Waals surface area contributed by atoms with Gasteiger partial charge in [0.1, 0.15) is 11.5 Å². The highest BCUT2D eigenvalue weighted by molar-refractivity contribution is 5.94. The van der Waals surface area contributed by atoms with Crippen molar-refractivity contribution in [2.24, 2.45) is 0 Å². The maximum absolute atomic E-state index is 13.9. The Morgan fingerprint density at radius 1 is 1.00 bits per heavy atom. The Balaban J connectivity index is 1.45. The Kier molecular flexibility index (Phi) is 5.16. The van der Waals surface area contributed by atoms with Crippen LogP contribution in [0.1, 0.15) is 28.9 Å². The summed E-state index contributed by atoms with van der Waals surface area (Å²) in [4.78, 5) is 16.6. The number of nitrogens with zero attached hydrogens (tertiary/aromatic N) is 3. The summed E-state index contributed by atoms with van der Waals surface area (Å²) in [7, 11) is 0. The number of carbonyl (C=O) groups is 1. The monoisotopic (exact) mass is 386 g/mol. The Labute approximate surface area is 167 Å². The second kappa shape index (κ2) is 8.06. The lowest BCUT2D eigenvalue weighted by Gasteiger charge is -2.12. The summed E-state index contributed by atoms with van der Waals surface area (Å²) >= 11 is 0. The summed E-state index contributed by atoms with van der Waals surface area (Å²) < 4.78 is 15.4. The average Bonchev–Trinajstić information content (AvgIpc) is 3.25. The number of para-hydroxylation sites is 1. The number of pyridine rings is 1. The average molecular weight is 386 g/mol. The number of rotatable bonds is 5. The van der Waals surface area contributed by atoms with Crippen molar-refractivity contribution in [1.29, 1.82) is 0 Å². The van der Waals surface area contributed by atoms with E-state index in [0.29, 0.717) is 11.3 Å². The first kappa shape index (κ1) is 18.6. The summed E-state index contributed by atoms with van der Waals surface area (Å²) in [6.07, 6.45) is 6.82. The van der Waals surface area contributed by atoms with E-state index in [4.69, 9.17) is 0 Å². The largest absolute Gasteiger partial charge is 0.345 e. The van der Waals surface area contributed by atoms with Gasteiger partial charge in [0.15, 0.2) is 0 Å². The molecule has 0 fully saturated rings.